The summed E-state index contributed by atoms with van der Waals surface area (Å²) < 4.78 is 0. The molecule has 3 aromatic carbocycles. The maximum atomic E-state index is 13.9. The molecule has 0 bridgehead atoms. The number of nitrogens with zero attached hydrogens (tertiary/aromatic N) is 1. The van der Waals surface area contributed by atoms with Gasteiger partial charge in [-0.2, -0.15) is 0 Å². The molecule has 0 saturated heterocycles. The van der Waals surface area contributed by atoms with Crippen LogP contribution in [0.4, 0.5) is 11.4 Å². The summed E-state index contributed by atoms with van der Waals surface area (Å²) in [5.74, 6) is 0.0468. The van der Waals surface area contributed by atoms with Crippen molar-refractivity contribution in [3.63, 3.8) is 0 Å². The van der Waals surface area contributed by atoms with Crippen LogP contribution < -0.4 is 4.90 Å². The maximum absolute atomic E-state index is 13.9. The maximum Gasteiger partial charge on any atom is 0.193 e. The molecule has 3 heteroatoms. The first-order chi connectivity index (χ1) is 18.0. The molecule has 0 atom stereocenters. The molecule has 1 aliphatic rings. The Bertz CT molecular complexity index is 1290. The zero-order valence-electron chi connectivity index (χ0n) is 22.0. The van der Waals surface area contributed by atoms with E-state index < -0.39 is 0 Å². The number of carbonyl (C=O) groups excluding carboxylic acids is 2. The van der Waals surface area contributed by atoms with Crippen molar-refractivity contribution in [2.45, 2.75) is 46.5 Å². The Hall–Kier alpha value is -3.98. The number of allylic oxidation sites excluding steroid dienone is 5. The van der Waals surface area contributed by atoms with Crippen molar-refractivity contribution in [1.82, 2.24) is 0 Å². The highest BCUT2D eigenvalue weighted by atomic mass is 16.1. The number of hydrogen-bond acceptors (Lipinski definition) is 3. The lowest BCUT2D eigenvalue weighted by molar-refractivity contribution is 0.0849. The van der Waals surface area contributed by atoms with Crippen LogP contribution in [0.5, 0.6) is 0 Å². The van der Waals surface area contributed by atoms with Crippen molar-refractivity contribution in [3.8, 4) is 0 Å². The van der Waals surface area contributed by atoms with Crippen LogP contribution in [0.1, 0.15) is 67.2 Å². The van der Waals surface area contributed by atoms with E-state index in [1.165, 1.54) is 0 Å². The Labute approximate surface area is 220 Å². The van der Waals surface area contributed by atoms with E-state index in [1.807, 2.05) is 80.6 Å². The summed E-state index contributed by atoms with van der Waals surface area (Å²) in [4.78, 5) is 29.2. The molecule has 0 aromatic heterocycles. The fourth-order valence-corrected chi connectivity index (χ4v) is 4.60. The molecule has 1 saturated carbocycles. The van der Waals surface area contributed by atoms with E-state index >= 15 is 0 Å². The minimum atomic E-state index is -0.0969. The van der Waals surface area contributed by atoms with Gasteiger partial charge in [0.15, 0.2) is 11.6 Å². The second kappa shape index (κ2) is 12.3. The summed E-state index contributed by atoms with van der Waals surface area (Å²) in [6, 6.07) is 27.7. The van der Waals surface area contributed by atoms with E-state index in [9.17, 15) is 9.59 Å². The smallest absolute Gasteiger partial charge is 0.193 e. The van der Waals surface area contributed by atoms with Gasteiger partial charge in [0.25, 0.3) is 0 Å². The minimum Gasteiger partial charge on any atom is -0.311 e. The van der Waals surface area contributed by atoms with Crippen LogP contribution >= 0.6 is 0 Å². The molecular formula is C34H35NO2. The highest BCUT2D eigenvalue weighted by molar-refractivity contribution is 6.17. The lowest BCUT2D eigenvalue weighted by Crippen LogP contribution is -2.24. The van der Waals surface area contributed by atoms with Crippen molar-refractivity contribution in [3.05, 3.63) is 131 Å². The van der Waals surface area contributed by atoms with Gasteiger partial charge in [-0.3, -0.25) is 9.59 Å². The first-order valence-corrected chi connectivity index (χ1v) is 13.2. The summed E-state index contributed by atoms with van der Waals surface area (Å²) in [5, 5.41) is 0. The molecule has 0 N–H and O–H groups in total. The first kappa shape index (κ1) is 26.1. The summed E-state index contributed by atoms with van der Waals surface area (Å²) in [6.07, 6.45) is 9.63. The van der Waals surface area contributed by atoms with Gasteiger partial charge in [-0.15, -0.1) is 0 Å². The molecule has 3 nitrogen and oxygen atoms in total. The monoisotopic (exact) mass is 489 g/mol. The highest BCUT2D eigenvalue weighted by Gasteiger charge is 2.29. The van der Waals surface area contributed by atoms with Gasteiger partial charge < -0.3 is 4.90 Å². The molecule has 0 amide bonds. The van der Waals surface area contributed by atoms with E-state index in [1.54, 1.807) is 12.1 Å². The number of Topliss-reactive ketones (excluding diaryl/α,β-unsaturated/α-hetero) is 2. The van der Waals surface area contributed by atoms with E-state index in [-0.39, 0.29) is 17.5 Å². The van der Waals surface area contributed by atoms with Crippen LogP contribution in [-0.4, -0.2) is 11.6 Å². The van der Waals surface area contributed by atoms with Gasteiger partial charge in [-0.05, 0) is 69.5 Å². The second-order valence-electron chi connectivity index (χ2n) is 9.47. The number of carbonyl (C=O) groups is 2. The number of anilines is 2. The van der Waals surface area contributed by atoms with Crippen molar-refractivity contribution in [2.75, 3.05) is 4.90 Å². The minimum absolute atomic E-state index is 0.0455. The third-order valence-corrected chi connectivity index (χ3v) is 7.15. The highest BCUT2D eigenvalue weighted by Crippen LogP contribution is 2.33. The van der Waals surface area contributed by atoms with Crippen molar-refractivity contribution in [2.24, 2.45) is 5.92 Å². The summed E-state index contributed by atoms with van der Waals surface area (Å²) in [7, 11) is 0. The fourth-order valence-electron chi connectivity index (χ4n) is 4.60. The van der Waals surface area contributed by atoms with Gasteiger partial charge >= 0.3 is 0 Å². The summed E-state index contributed by atoms with van der Waals surface area (Å²) in [5.41, 5.74) is 5.69. The van der Waals surface area contributed by atoms with Crippen LogP contribution in [-0.2, 0) is 0 Å². The SMILES string of the molecule is C\C=C(/C=C\C(C(=O)c1ccccc1C(=O)C1CCC1)=C(/C)CC)N(c1ccccc1)c1ccccc1. The Morgan fingerprint density at radius 1 is 0.811 bits per heavy atom. The van der Waals surface area contributed by atoms with Crippen LogP contribution in [0.3, 0.4) is 0 Å². The van der Waals surface area contributed by atoms with Gasteiger partial charge in [0, 0.05) is 39.7 Å². The van der Waals surface area contributed by atoms with Crippen molar-refractivity contribution >= 4 is 22.9 Å². The van der Waals surface area contributed by atoms with E-state index in [4.69, 9.17) is 0 Å². The molecule has 3 aromatic rings. The normalized spacial score (nSPS) is 14.7. The van der Waals surface area contributed by atoms with Crippen LogP contribution in [0.25, 0.3) is 0 Å². The molecule has 0 heterocycles. The Morgan fingerprint density at radius 3 is 1.84 bits per heavy atom. The largest absolute Gasteiger partial charge is 0.311 e. The molecule has 1 aliphatic carbocycles. The Kier molecular flexibility index (Phi) is 8.68. The third kappa shape index (κ3) is 5.89. The number of benzene rings is 3. The lowest BCUT2D eigenvalue weighted by atomic mass is 9.78. The molecule has 0 unspecified atom stereocenters. The van der Waals surface area contributed by atoms with Crippen LogP contribution in [0.15, 0.2) is 120 Å². The molecule has 188 valence electrons. The van der Waals surface area contributed by atoms with Crippen molar-refractivity contribution < 1.29 is 9.59 Å². The Balaban J connectivity index is 1.72. The number of ketones is 2. The zero-order chi connectivity index (χ0) is 26.2. The average Bonchev–Trinajstić information content (AvgIpc) is 2.92. The topological polar surface area (TPSA) is 37.4 Å². The summed E-state index contributed by atoms with van der Waals surface area (Å²) >= 11 is 0. The average molecular weight is 490 g/mol. The quantitative estimate of drug-likeness (QED) is 0.162. The molecule has 0 spiro atoms. The van der Waals surface area contributed by atoms with E-state index in [0.29, 0.717) is 16.7 Å². The van der Waals surface area contributed by atoms with Crippen LogP contribution in [0, 0.1) is 5.92 Å². The molecule has 0 radical (unpaired) electrons. The molecule has 0 aliphatic heterocycles. The standard InChI is InChI=1S/C34H35NO2/c1-4-25(3)30(34(37)32-22-13-12-21-31(32)33(36)26-15-14-16-26)24-23-27(5-2)35(28-17-8-6-9-18-28)29-19-10-7-11-20-29/h5-13,17-24,26H,4,14-16H2,1-3H3/b24-23-,27-5+,30-25-. The van der Waals surface area contributed by atoms with E-state index in [2.05, 4.69) is 36.1 Å². The Morgan fingerprint density at radius 2 is 1.35 bits per heavy atom. The van der Waals surface area contributed by atoms with E-state index in [0.717, 1.165) is 48.3 Å². The fraction of sp³-hybridized carbons (Fsp3) is 0.235. The molecule has 1 fully saturated rings. The molecule has 4 rings (SSSR count). The summed E-state index contributed by atoms with van der Waals surface area (Å²) in [6.45, 7) is 6.05. The zero-order valence-corrected chi connectivity index (χ0v) is 22.0. The van der Waals surface area contributed by atoms with Crippen LogP contribution in [0.2, 0.25) is 0 Å². The number of rotatable bonds is 10. The predicted octanol–water partition coefficient (Wildman–Crippen LogP) is 8.88. The lowest BCUT2D eigenvalue weighted by Gasteiger charge is -2.26. The molecular weight excluding hydrogens is 454 g/mol. The number of hydrogen-bond donors (Lipinski definition) is 0. The van der Waals surface area contributed by atoms with Crippen molar-refractivity contribution in [1.29, 1.82) is 0 Å². The third-order valence-electron chi connectivity index (χ3n) is 7.15. The van der Waals surface area contributed by atoms with Gasteiger partial charge in [0.05, 0.1) is 0 Å². The van der Waals surface area contributed by atoms with Gasteiger partial charge in [0.1, 0.15) is 0 Å². The molecule has 37 heavy (non-hydrogen) atoms. The second-order valence-corrected chi connectivity index (χ2v) is 9.47. The van der Waals surface area contributed by atoms with Gasteiger partial charge in [-0.25, -0.2) is 0 Å². The van der Waals surface area contributed by atoms with Gasteiger partial charge in [0.2, 0.25) is 0 Å². The number of para-hydroxylation sites is 2. The first-order valence-electron chi connectivity index (χ1n) is 13.2. The van der Waals surface area contributed by atoms with Gasteiger partial charge in [-0.1, -0.05) is 85.7 Å². The predicted molar refractivity (Wildman–Crippen MR) is 153 cm³/mol.